The molecular weight excluding hydrogens is 232 g/mol. The fourth-order valence-corrected chi connectivity index (χ4v) is 2.70. The quantitative estimate of drug-likeness (QED) is 0.816. The molecule has 1 rings (SSSR count). The lowest BCUT2D eigenvalue weighted by molar-refractivity contribution is 0.214. The van der Waals surface area contributed by atoms with Gasteiger partial charge in [0.25, 0.3) is 0 Å². The number of benzene rings is 1. The van der Waals surface area contributed by atoms with Gasteiger partial charge in [-0.2, -0.15) is 0 Å². The minimum absolute atomic E-state index is 0.506. The lowest BCUT2D eigenvalue weighted by atomic mass is 10.2. The van der Waals surface area contributed by atoms with Crippen LogP contribution in [0.2, 0.25) is 0 Å². The van der Waals surface area contributed by atoms with Crippen molar-refractivity contribution < 1.29 is 9.32 Å². The van der Waals surface area contributed by atoms with Crippen LogP contribution in [0.3, 0.4) is 0 Å². The van der Waals surface area contributed by atoms with Gasteiger partial charge in [0.05, 0.1) is 16.9 Å². The highest BCUT2D eigenvalue weighted by molar-refractivity contribution is 7.89. The summed E-state index contributed by atoms with van der Waals surface area (Å²) in [6.07, 6.45) is 3.04. The number of aliphatic hydroxyl groups excluding tert-OH is 1. The van der Waals surface area contributed by atoms with Gasteiger partial charge in [-0.25, -0.2) is 4.21 Å². The van der Waals surface area contributed by atoms with E-state index in [1.54, 1.807) is 12.2 Å². The smallest absolute Gasteiger partial charge is 0.0874 e. The van der Waals surface area contributed by atoms with Crippen LogP contribution in [0.4, 0.5) is 0 Å². The lowest BCUT2D eigenvalue weighted by Crippen LogP contribution is -2.13. The third-order valence-electron chi connectivity index (χ3n) is 2.45. The van der Waals surface area contributed by atoms with Crippen LogP contribution in [0.25, 0.3) is 0 Å². The Morgan fingerprint density at radius 2 is 2.06 bits per heavy atom. The van der Waals surface area contributed by atoms with Gasteiger partial charge >= 0.3 is 0 Å². The van der Waals surface area contributed by atoms with Crippen molar-refractivity contribution in [2.75, 3.05) is 0 Å². The maximum absolute atomic E-state index is 12.3. The van der Waals surface area contributed by atoms with E-state index in [0.29, 0.717) is 16.2 Å². The summed E-state index contributed by atoms with van der Waals surface area (Å²) in [5.74, 6) is 0. The highest BCUT2D eigenvalue weighted by Gasteiger charge is 2.16. The number of hydrogen-bond donors (Lipinski definition) is 1. The molecule has 0 amide bonds. The molecule has 3 heteroatoms. The molecule has 0 unspecified atom stereocenters. The average Bonchev–Trinajstić information content (AvgIpc) is 2.35. The molecule has 0 spiro atoms. The molecule has 0 aliphatic rings. The molecule has 2 nitrogen and oxygen atoms in total. The van der Waals surface area contributed by atoms with Crippen molar-refractivity contribution in [2.24, 2.45) is 0 Å². The maximum Gasteiger partial charge on any atom is 0.0874 e. The molecule has 0 bridgehead atoms. The van der Waals surface area contributed by atoms with Crippen molar-refractivity contribution in [1.29, 1.82) is 0 Å². The number of aliphatic hydroxyl groups is 1. The Labute approximate surface area is 105 Å². The Kier molecular flexibility index (Phi) is 5.32. The second-order valence-electron chi connectivity index (χ2n) is 3.81. The molecule has 0 radical (unpaired) electrons. The summed E-state index contributed by atoms with van der Waals surface area (Å²) in [5, 5.41) is 9.83. The number of hydrogen-bond acceptors (Lipinski definition) is 2. The zero-order valence-electron chi connectivity index (χ0n) is 10.2. The molecule has 0 aliphatic carbocycles. The van der Waals surface area contributed by atoms with E-state index in [4.69, 9.17) is 0 Å². The van der Waals surface area contributed by atoms with E-state index in [-0.39, 0.29) is 0 Å². The van der Waals surface area contributed by atoms with Gasteiger partial charge in [0.15, 0.2) is 0 Å². The molecule has 92 valence electrons. The topological polar surface area (TPSA) is 37.3 Å². The van der Waals surface area contributed by atoms with Crippen LogP contribution in [-0.4, -0.2) is 15.4 Å². The molecule has 1 aromatic carbocycles. The van der Waals surface area contributed by atoms with Gasteiger partial charge in [-0.1, -0.05) is 37.3 Å². The first-order valence-corrected chi connectivity index (χ1v) is 6.74. The minimum Gasteiger partial charge on any atom is -0.388 e. The average molecular weight is 250 g/mol. The minimum atomic E-state index is -1.32. The van der Waals surface area contributed by atoms with E-state index in [9.17, 15) is 9.32 Å². The molecule has 0 saturated carbocycles. The molecule has 0 fully saturated rings. The number of aryl methyl sites for hydroxylation is 1. The first-order chi connectivity index (χ1) is 8.10. The van der Waals surface area contributed by atoms with Crippen molar-refractivity contribution in [1.82, 2.24) is 0 Å². The molecule has 17 heavy (non-hydrogen) atoms. The van der Waals surface area contributed by atoms with Crippen LogP contribution < -0.4 is 0 Å². The van der Waals surface area contributed by atoms with Crippen LogP contribution in [0.15, 0.2) is 52.8 Å². The molecule has 1 N–H and O–H groups in total. The highest BCUT2D eigenvalue weighted by Crippen LogP contribution is 2.19. The largest absolute Gasteiger partial charge is 0.388 e. The summed E-state index contributed by atoms with van der Waals surface area (Å²) in [6.45, 7) is 7.42. The van der Waals surface area contributed by atoms with E-state index < -0.39 is 16.9 Å². The standard InChI is InChI=1S/C14H18O2S/c1-4-6-14(13(15)5-2)17(16)12-9-7-11(3)8-10-12/h4,6-10,13,15H,1,5H2,2-3H3/b14-6+/t13-,17-/m0/s1. The van der Waals surface area contributed by atoms with E-state index in [1.807, 2.05) is 38.1 Å². The normalized spacial score (nSPS) is 15.4. The second kappa shape index (κ2) is 6.52. The Bertz CT molecular complexity index is 432. The Morgan fingerprint density at radius 1 is 1.47 bits per heavy atom. The van der Waals surface area contributed by atoms with Gasteiger partial charge in [0.2, 0.25) is 0 Å². The predicted octanol–water partition coefficient (Wildman–Crippen LogP) is 2.94. The molecule has 0 aromatic heterocycles. The van der Waals surface area contributed by atoms with Gasteiger partial charge in [-0.3, -0.25) is 0 Å². The molecule has 0 saturated heterocycles. The highest BCUT2D eigenvalue weighted by atomic mass is 32.2. The fourth-order valence-electron chi connectivity index (χ4n) is 1.41. The van der Waals surface area contributed by atoms with Crippen LogP contribution in [0.5, 0.6) is 0 Å². The van der Waals surface area contributed by atoms with Gasteiger partial charge in [-0.05, 0) is 31.6 Å². The van der Waals surface area contributed by atoms with Gasteiger partial charge in [-0.15, -0.1) is 0 Å². The first-order valence-electron chi connectivity index (χ1n) is 5.59. The van der Waals surface area contributed by atoms with Crippen molar-refractivity contribution in [2.45, 2.75) is 31.3 Å². The first kappa shape index (κ1) is 13.9. The molecule has 0 heterocycles. The Balaban J connectivity index is 3.04. The zero-order chi connectivity index (χ0) is 12.8. The number of allylic oxidation sites excluding steroid dienone is 2. The predicted molar refractivity (Wildman–Crippen MR) is 72.2 cm³/mol. The van der Waals surface area contributed by atoms with Gasteiger partial charge in [0, 0.05) is 9.80 Å². The summed E-state index contributed by atoms with van der Waals surface area (Å²) in [4.78, 5) is 1.21. The third-order valence-corrected chi connectivity index (χ3v) is 3.98. The van der Waals surface area contributed by atoms with Crippen LogP contribution >= 0.6 is 0 Å². The SMILES string of the molecule is C=C/C=C(\[C@@H](O)CC)[S@@](=O)c1ccc(C)cc1. The Hall–Kier alpha value is -1.19. The van der Waals surface area contributed by atoms with Gasteiger partial charge in [0.1, 0.15) is 0 Å². The van der Waals surface area contributed by atoms with E-state index in [2.05, 4.69) is 6.58 Å². The van der Waals surface area contributed by atoms with E-state index in [1.165, 1.54) is 0 Å². The summed E-state index contributed by atoms with van der Waals surface area (Å²) in [5.41, 5.74) is 1.12. The van der Waals surface area contributed by atoms with Crippen LogP contribution in [0, 0.1) is 6.92 Å². The second-order valence-corrected chi connectivity index (χ2v) is 5.29. The number of rotatable bonds is 5. The monoisotopic (exact) mass is 250 g/mol. The van der Waals surface area contributed by atoms with Crippen LogP contribution in [0.1, 0.15) is 18.9 Å². The summed E-state index contributed by atoms with van der Waals surface area (Å²) < 4.78 is 12.3. The lowest BCUT2D eigenvalue weighted by Gasteiger charge is -2.12. The molecule has 2 atom stereocenters. The van der Waals surface area contributed by atoms with Crippen molar-refractivity contribution in [3.8, 4) is 0 Å². The zero-order valence-corrected chi connectivity index (χ0v) is 11.0. The molecular formula is C14H18O2S. The van der Waals surface area contributed by atoms with Gasteiger partial charge < -0.3 is 5.11 Å². The van der Waals surface area contributed by atoms with Crippen LogP contribution in [-0.2, 0) is 10.8 Å². The van der Waals surface area contributed by atoms with Crippen molar-refractivity contribution >= 4 is 10.8 Å². The fraction of sp³-hybridized carbons (Fsp3) is 0.286. The summed E-state index contributed by atoms with van der Waals surface area (Å²) in [6, 6.07) is 7.48. The Morgan fingerprint density at radius 3 is 2.53 bits per heavy atom. The van der Waals surface area contributed by atoms with E-state index in [0.717, 1.165) is 5.56 Å². The summed E-state index contributed by atoms with van der Waals surface area (Å²) in [7, 11) is -1.32. The van der Waals surface area contributed by atoms with E-state index >= 15 is 0 Å². The molecule has 0 aliphatic heterocycles. The third kappa shape index (κ3) is 3.65. The van der Waals surface area contributed by atoms with Crippen molar-refractivity contribution in [3.05, 3.63) is 53.5 Å². The van der Waals surface area contributed by atoms with Crippen molar-refractivity contribution in [3.63, 3.8) is 0 Å². The summed E-state index contributed by atoms with van der Waals surface area (Å²) >= 11 is 0. The molecule has 1 aromatic rings. The maximum atomic E-state index is 12.3.